The molecule has 1 saturated carbocycles. The fraction of sp³-hybridized carbons (Fsp3) is 0.706. The van der Waals surface area contributed by atoms with Gasteiger partial charge in [0.2, 0.25) is 5.91 Å². The summed E-state index contributed by atoms with van der Waals surface area (Å²) in [5.41, 5.74) is 0.165. The van der Waals surface area contributed by atoms with E-state index in [1.807, 2.05) is 26.8 Å². The van der Waals surface area contributed by atoms with E-state index in [2.05, 4.69) is 49.1 Å². The molecular weight excluding hydrogens is 467 g/mol. The van der Waals surface area contributed by atoms with Crippen LogP contribution in [0.25, 0.3) is 0 Å². The van der Waals surface area contributed by atoms with Crippen molar-refractivity contribution in [3.05, 3.63) is 15.6 Å². The smallest absolute Gasteiger partial charge is 0.237 e. The van der Waals surface area contributed by atoms with Crippen LogP contribution >= 0.6 is 22.6 Å². The molecule has 144 valence electrons. The number of aromatic nitrogens is 2. The second-order valence-electron chi connectivity index (χ2n) is 7.94. The molecule has 0 radical (unpaired) electrons. The first-order chi connectivity index (χ1) is 12.1. The molecule has 26 heavy (non-hydrogen) atoms. The summed E-state index contributed by atoms with van der Waals surface area (Å²) in [4.78, 5) is 23.6. The first-order valence-corrected chi connectivity index (χ1v) is 11.0. The van der Waals surface area contributed by atoms with E-state index in [1.165, 1.54) is 0 Å². The van der Waals surface area contributed by atoms with E-state index in [4.69, 9.17) is 4.74 Å². The summed E-state index contributed by atoms with van der Waals surface area (Å²) in [7, 11) is -1.51. The molecule has 1 amide bonds. The number of anilines is 1. The average molecular weight is 492 g/mol. The maximum absolute atomic E-state index is 12.9. The molecule has 2 aliphatic rings. The van der Waals surface area contributed by atoms with Crippen molar-refractivity contribution in [3.63, 3.8) is 0 Å². The van der Waals surface area contributed by atoms with Gasteiger partial charge in [0.25, 0.3) is 0 Å². The molecule has 2 heterocycles. The van der Waals surface area contributed by atoms with Crippen molar-refractivity contribution >= 4 is 45.3 Å². The van der Waals surface area contributed by atoms with Gasteiger partial charge >= 0.3 is 0 Å². The molecule has 9 heteroatoms. The Morgan fingerprint density at radius 1 is 1.42 bits per heavy atom. The van der Waals surface area contributed by atoms with Gasteiger partial charge in [0, 0.05) is 40.6 Å². The van der Waals surface area contributed by atoms with Crippen LogP contribution in [0, 0.1) is 9.25 Å². The number of morpholine rings is 1. The number of halogens is 1. The van der Waals surface area contributed by atoms with E-state index >= 15 is 0 Å². The summed E-state index contributed by atoms with van der Waals surface area (Å²) in [6.45, 7) is 9.63. The van der Waals surface area contributed by atoms with Crippen LogP contribution in [0.5, 0.6) is 0 Å². The van der Waals surface area contributed by atoms with Crippen LogP contribution in [0.1, 0.15) is 46.2 Å². The van der Waals surface area contributed by atoms with E-state index in [0.717, 1.165) is 30.9 Å². The van der Waals surface area contributed by atoms with Crippen molar-refractivity contribution in [2.45, 2.75) is 51.3 Å². The minimum Gasteiger partial charge on any atom is -0.377 e. The molecule has 0 unspecified atom stereocenters. The topological polar surface area (TPSA) is 84.4 Å². The molecule has 1 aromatic heterocycles. The minimum atomic E-state index is -1.51. The molecule has 2 atom stereocenters. The van der Waals surface area contributed by atoms with E-state index in [1.54, 1.807) is 0 Å². The zero-order chi connectivity index (χ0) is 19.1. The summed E-state index contributed by atoms with van der Waals surface area (Å²) in [6, 6.07) is 2.15. The van der Waals surface area contributed by atoms with Gasteiger partial charge in [-0.05, 0) is 19.8 Å². The zero-order valence-corrected chi connectivity index (χ0v) is 18.5. The SMILES string of the molecule is C[C@@H]1COCCN1c1cc(C2([S@@](=O)NC(=O)C(C)(C)C)CC2)nc(I)n1. The summed E-state index contributed by atoms with van der Waals surface area (Å²) in [5, 5.41) is 0. The second-order valence-corrected chi connectivity index (χ2v) is 10.4. The van der Waals surface area contributed by atoms with Crippen LogP contribution < -0.4 is 9.62 Å². The Morgan fingerprint density at radius 2 is 2.12 bits per heavy atom. The number of ether oxygens (including phenoxy) is 1. The van der Waals surface area contributed by atoms with Crippen molar-refractivity contribution < 1.29 is 13.7 Å². The molecule has 1 N–H and O–H groups in total. The van der Waals surface area contributed by atoms with Gasteiger partial charge in [-0.1, -0.05) is 20.8 Å². The van der Waals surface area contributed by atoms with Gasteiger partial charge in [-0.3, -0.25) is 9.52 Å². The van der Waals surface area contributed by atoms with Crippen LogP contribution in [0.2, 0.25) is 0 Å². The maximum Gasteiger partial charge on any atom is 0.237 e. The predicted octanol–water partition coefficient (Wildman–Crippen LogP) is 2.12. The molecule has 1 aromatic rings. The van der Waals surface area contributed by atoms with Crippen LogP contribution in [0.4, 0.5) is 5.82 Å². The van der Waals surface area contributed by atoms with Gasteiger partial charge in [-0.2, -0.15) is 0 Å². The van der Waals surface area contributed by atoms with E-state index in [-0.39, 0.29) is 11.9 Å². The normalized spacial score (nSPS) is 23.4. The van der Waals surface area contributed by atoms with Gasteiger partial charge in [0.1, 0.15) is 21.6 Å². The Bertz CT molecular complexity index is 733. The summed E-state index contributed by atoms with van der Waals surface area (Å²) in [5.74, 6) is 0.619. The molecule has 3 rings (SSSR count). The van der Waals surface area contributed by atoms with Crippen molar-refractivity contribution in [3.8, 4) is 0 Å². The number of nitrogens with one attached hydrogen (secondary N) is 1. The number of hydrogen-bond donors (Lipinski definition) is 1. The van der Waals surface area contributed by atoms with Gasteiger partial charge < -0.3 is 9.64 Å². The number of hydrogen-bond acceptors (Lipinski definition) is 6. The van der Waals surface area contributed by atoms with E-state index < -0.39 is 21.1 Å². The highest BCUT2D eigenvalue weighted by molar-refractivity contribution is 14.1. The highest BCUT2D eigenvalue weighted by Gasteiger charge is 2.53. The minimum absolute atomic E-state index is 0.215. The van der Waals surface area contributed by atoms with Crippen molar-refractivity contribution in [2.24, 2.45) is 5.41 Å². The van der Waals surface area contributed by atoms with Gasteiger partial charge in [0.15, 0.2) is 3.83 Å². The molecule has 0 bridgehead atoms. The fourth-order valence-electron chi connectivity index (χ4n) is 2.84. The quantitative estimate of drug-likeness (QED) is 0.512. The molecular formula is C17H25IN4O3S. The average Bonchev–Trinajstić information content (AvgIpc) is 3.35. The zero-order valence-electron chi connectivity index (χ0n) is 15.5. The van der Waals surface area contributed by atoms with Gasteiger partial charge in [-0.25, -0.2) is 14.2 Å². The molecule has 0 spiro atoms. The number of nitrogens with zero attached hydrogens (tertiary/aromatic N) is 3. The molecule has 7 nitrogen and oxygen atoms in total. The van der Waals surface area contributed by atoms with Crippen molar-refractivity contribution in [1.82, 2.24) is 14.7 Å². The van der Waals surface area contributed by atoms with Crippen LogP contribution in [-0.2, 0) is 25.3 Å². The maximum atomic E-state index is 12.9. The largest absolute Gasteiger partial charge is 0.377 e. The number of carbonyl (C=O) groups is 1. The predicted molar refractivity (Wildman–Crippen MR) is 109 cm³/mol. The standard InChI is InChI=1S/C17H25IN4O3S/c1-11-10-25-8-7-22(11)13-9-12(19-15(18)20-13)17(5-6-17)26(24)21-14(23)16(2,3)4/h9,11H,5-8,10H2,1-4H3,(H,21,23)/t11-,26-/m1/s1. The van der Waals surface area contributed by atoms with Crippen molar-refractivity contribution in [1.29, 1.82) is 0 Å². The number of rotatable bonds is 4. The monoisotopic (exact) mass is 492 g/mol. The molecule has 1 aliphatic heterocycles. The van der Waals surface area contributed by atoms with Crippen LogP contribution in [-0.4, -0.2) is 45.9 Å². The first kappa shape index (κ1) is 19.9. The second kappa shape index (κ2) is 7.31. The lowest BCUT2D eigenvalue weighted by atomic mass is 9.96. The Morgan fingerprint density at radius 3 is 2.69 bits per heavy atom. The molecule has 2 fully saturated rings. The van der Waals surface area contributed by atoms with Gasteiger partial charge in [0.05, 0.1) is 24.9 Å². The summed E-state index contributed by atoms with van der Waals surface area (Å²) in [6.07, 6.45) is 1.49. The van der Waals surface area contributed by atoms with E-state index in [9.17, 15) is 9.00 Å². The summed E-state index contributed by atoms with van der Waals surface area (Å²) < 4.78 is 21.1. The lowest BCUT2D eigenvalue weighted by molar-refractivity contribution is -0.126. The Balaban J connectivity index is 1.86. The number of carbonyl (C=O) groups excluding carboxylic acids is 1. The summed E-state index contributed by atoms with van der Waals surface area (Å²) >= 11 is 2.10. The van der Waals surface area contributed by atoms with Crippen LogP contribution in [0.3, 0.4) is 0 Å². The highest BCUT2D eigenvalue weighted by Crippen LogP contribution is 2.50. The third-order valence-corrected chi connectivity index (χ3v) is 6.92. The molecule has 0 aromatic carbocycles. The Labute approximate surface area is 170 Å². The third-order valence-electron chi connectivity index (χ3n) is 4.74. The molecule has 1 saturated heterocycles. The fourth-order valence-corrected chi connectivity index (χ4v) is 4.78. The third kappa shape index (κ3) is 4.04. The first-order valence-electron chi connectivity index (χ1n) is 8.76. The van der Waals surface area contributed by atoms with E-state index in [0.29, 0.717) is 17.0 Å². The molecule has 1 aliphatic carbocycles. The van der Waals surface area contributed by atoms with Gasteiger partial charge in [-0.15, -0.1) is 0 Å². The Hall–Kier alpha value is -0.810. The van der Waals surface area contributed by atoms with Crippen LogP contribution in [0.15, 0.2) is 6.07 Å². The lowest BCUT2D eigenvalue weighted by Crippen LogP contribution is -2.44. The highest BCUT2D eigenvalue weighted by atomic mass is 127. The Kier molecular flexibility index (Phi) is 5.60. The lowest BCUT2D eigenvalue weighted by Gasteiger charge is -2.34. The number of amides is 1. The van der Waals surface area contributed by atoms with Crippen molar-refractivity contribution in [2.75, 3.05) is 24.7 Å².